The van der Waals surface area contributed by atoms with E-state index in [1.807, 2.05) is 4.90 Å². The molecule has 2 saturated heterocycles. The number of nitrogens with one attached hydrogen (secondary N) is 1. The molecule has 1 aromatic carbocycles. The van der Waals surface area contributed by atoms with E-state index < -0.39 is 0 Å². The second kappa shape index (κ2) is 9.88. The van der Waals surface area contributed by atoms with E-state index in [2.05, 4.69) is 40.5 Å². The first-order chi connectivity index (χ1) is 13.1. The molecule has 5 nitrogen and oxygen atoms in total. The topological polar surface area (TPSA) is 52.7 Å². The summed E-state index contributed by atoms with van der Waals surface area (Å²) in [5.41, 5.74) is 1.40. The maximum atomic E-state index is 12.6. The van der Waals surface area contributed by atoms with Crippen LogP contribution in [0.5, 0.6) is 0 Å². The third-order valence-corrected chi connectivity index (χ3v) is 5.95. The Labute approximate surface area is 163 Å². The van der Waals surface area contributed by atoms with Crippen molar-refractivity contribution in [1.29, 1.82) is 0 Å². The van der Waals surface area contributed by atoms with Crippen molar-refractivity contribution in [3.8, 4) is 0 Å². The summed E-state index contributed by atoms with van der Waals surface area (Å²) in [5.74, 6) is 0.371. The predicted octanol–water partition coefficient (Wildman–Crippen LogP) is 2.46. The molecule has 1 atom stereocenters. The lowest BCUT2D eigenvalue weighted by Crippen LogP contribution is -2.50. The van der Waals surface area contributed by atoms with Gasteiger partial charge in [0, 0.05) is 38.5 Å². The summed E-state index contributed by atoms with van der Waals surface area (Å²) >= 11 is 0. The standard InChI is InChI=1S/C22H33N3O2/c1-18(26)25-15-11-20(12-16-25)22(27)23-21-10-6-14-24(17-21)13-5-9-19-7-3-2-4-8-19/h2-4,7-8,20-21H,5-6,9-17H2,1H3,(H,23,27). The molecule has 0 bridgehead atoms. The van der Waals surface area contributed by atoms with Crippen molar-refractivity contribution in [2.24, 2.45) is 5.92 Å². The first-order valence-electron chi connectivity index (χ1n) is 10.4. The molecule has 0 saturated carbocycles. The number of amides is 2. The number of aryl methyl sites for hydroxylation is 1. The molecule has 1 unspecified atom stereocenters. The minimum absolute atomic E-state index is 0.0639. The zero-order chi connectivity index (χ0) is 19.1. The van der Waals surface area contributed by atoms with Gasteiger partial charge in [-0.15, -0.1) is 0 Å². The van der Waals surface area contributed by atoms with E-state index in [1.165, 1.54) is 5.56 Å². The molecule has 2 aliphatic heterocycles. The summed E-state index contributed by atoms with van der Waals surface area (Å²) in [5, 5.41) is 3.29. The summed E-state index contributed by atoms with van der Waals surface area (Å²) in [6, 6.07) is 10.9. The smallest absolute Gasteiger partial charge is 0.223 e. The minimum atomic E-state index is 0.0639. The van der Waals surface area contributed by atoms with Gasteiger partial charge in [0.05, 0.1) is 0 Å². The van der Waals surface area contributed by atoms with Crippen LogP contribution < -0.4 is 5.32 Å². The van der Waals surface area contributed by atoms with Crippen LogP contribution in [-0.2, 0) is 16.0 Å². The van der Waals surface area contributed by atoms with Gasteiger partial charge < -0.3 is 15.1 Å². The lowest BCUT2D eigenvalue weighted by molar-refractivity contribution is -0.134. The van der Waals surface area contributed by atoms with Gasteiger partial charge in [-0.1, -0.05) is 30.3 Å². The lowest BCUT2D eigenvalue weighted by Gasteiger charge is -2.35. The third kappa shape index (κ3) is 6.06. The molecule has 0 aliphatic carbocycles. The number of rotatable bonds is 6. The van der Waals surface area contributed by atoms with Crippen molar-refractivity contribution < 1.29 is 9.59 Å². The van der Waals surface area contributed by atoms with Crippen molar-refractivity contribution in [2.45, 2.75) is 51.5 Å². The number of hydrogen-bond acceptors (Lipinski definition) is 3. The number of benzene rings is 1. The molecule has 2 fully saturated rings. The van der Waals surface area contributed by atoms with Gasteiger partial charge in [0.25, 0.3) is 0 Å². The summed E-state index contributed by atoms with van der Waals surface area (Å²) in [6.45, 7) is 6.23. The van der Waals surface area contributed by atoms with E-state index in [0.29, 0.717) is 13.1 Å². The molecule has 3 rings (SSSR count). The van der Waals surface area contributed by atoms with Gasteiger partial charge >= 0.3 is 0 Å². The Hall–Kier alpha value is -1.88. The van der Waals surface area contributed by atoms with Gasteiger partial charge in [-0.05, 0) is 57.2 Å². The first kappa shape index (κ1) is 19.9. The van der Waals surface area contributed by atoms with Gasteiger partial charge in [-0.2, -0.15) is 0 Å². The van der Waals surface area contributed by atoms with Crippen LogP contribution in [0.4, 0.5) is 0 Å². The van der Waals surface area contributed by atoms with Crippen LogP contribution in [0.2, 0.25) is 0 Å². The number of carbonyl (C=O) groups is 2. The first-order valence-corrected chi connectivity index (χ1v) is 10.4. The Morgan fingerprint density at radius 1 is 1.07 bits per heavy atom. The SMILES string of the molecule is CC(=O)N1CCC(C(=O)NC2CCCN(CCCc3ccccc3)C2)CC1. The molecular weight excluding hydrogens is 338 g/mol. The molecule has 2 heterocycles. The van der Waals surface area contributed by atoms with Crippen LogP contribution in [0.3, 0.4) is 0 Å². The van der Waals surface area contributed by atoms with Crippen LogP contribution >= 0.6 is 0 Å². The Balaban J connectivity index is 1.38. The van der Waals surface area contributed by atoms with Gasteiger partial charge in [0.15, 0.2) is 0 Å². The molecule has 2 aliphatic rings. The largest absolute Gasteiger partial charge is 0.352 e. The van der Waals surface area contributed by atoms with Crippen LogP contribution in [0.25, 0.3) is 0 Å². The van der Waals surface area contributed by atoms with Crippen LogP contribution in [0.15, 0.2) is 30.3 Å². The second-order valence-corrected chi connectivity index (χ2v) is 8.02. The molecule has 148 valence electrons. The summed E-state index contributed by atoms with van der Waals surface area (Å²) < 4.78 is 0. The molecule has 0 spiro atoms. The van der Waals surface area contributed by atoms with Gasteiger partial charge in [-0.3, -0.25) is 9.59 Å². The zero-order valence-electron chi connectivity index (χ0n) is 16.5. The molecule has 1 N–H and O–H groups in total. The summed E-state index contributed by atoms with van der Waals surface area (Å²) in [6.07, 6.45) is 6.08. The average molecular weight is 372 g/mol. The van der Waals surface area contributed by atoms with Crippen LogP contribution in [0, 0.1) is 5.92 Å². The van der Waals surface area contributed by atoms with Crippen molar-refractivity contribution in [3.05, 3.63) is 35.9 Å². The molecule has 27 heavy (non-hydrogen) atoms. The van der Waals surface area contributed by atoms with E-state index in [9.17, 15) is 9.59 Å². The Morgan fingerprint density at radius 2 is 1.81 bits per heavy atom. The highest BCUT2D eigenvalue weighted by Gasteiger charge is 2.28. The van der Waals surface area contributed by atoms with Crippen LogP contribution in [-0.4, -0.2) is 60.4 Å². The molecular formula is C22H33N3O2. The van der Waals surface area contributed by atoms with Gasteiger partial charge in [0.1, 0.15) is 0 Å². The van der Waals surface area contributed by atoms with Crippen molar-refractivity contribution in [2.75, 3.05) is 32.7 Å². The van der Waals surface area contributed by atoms with Gasteiger partial charge in [0.2, 0.25) is 11.8 Å². The number of hydrogen-bond donors (Lipinski definition) is 1. The number of likely N-dealkylation sites (tertiary alicyclic amines) is 2. The minimum Gasteiger partial charge on any atom is -0.352 e. The molecule has 1 aromatic rings. The highest BCUT2D eigenvalue weighted by atomic mass is 16.2. The number of nitrogens with zero attached hydrogens (tertiary/aromatic N) is 2. The fraction of sp³-hybridized carbons (Fsp3) is 0.636. The Morgan fingerprint density at radius 3 is 2.52 bits per heavy atom. The highest BCUT2D eigenvalue weighted by Crippen LogP contribution is 2.19. The van der Waals surface area contributed by atoms with E-state index in [4.69, 9.17) is 0 Å². The fourth-order valence-electron chi connectivity index (χ4n) is 4.30. The molecule has 0 aromatic heterocycles. The number of piperidine rings is 2. The zero-order valence-corrected chi connectivity index (χ0v) is 16.5. The maximum absolute atomic E-state index is 12.6. The van der Waals surface area contributed by atoms with Gasteiger partial charge in [-0.25, -0.2) is 0 Å². The molecule has 2 amide bonds. The quantitative estimate of drug-likeness (QED) is 0.836. The molecule has 0 radical (unpaired) electrons. The summed E-state index contributed by atoms with van der Waals surface area (Å²) in [4.78, 5) is 28.4. The lowest BCUT2D eigenvalue weighted by atomic mass is 9.95. The van der Waals surface area contributed by atoms with E-state index >= 15 is 0 Å². The van der Waals surface area contributed by atoms with Crippen molar-refractivity contribution in [3.63, 3.8) is 0 Å². The average Bonchev–Trinajstić information content (AvgIpc) is 2.69. The van der Waals surface area contributed by atoms with E-state index in [0.717, 1.165) is 58.2 Å². The van der Waals surface area contributed by atoms with Crippen LogP contribution in [0.1, 0.15) is 44.6 Å². The Bertz CT molecular complexity index is 611. The van der Waals surface area contributed by atoms with E-state index in [1.54, 1.807) is 6.92 Å². The monoisotopic (exact) mass is 371 g/mol. The number of carbonyl (C=O) groups excluding carboxylic acids is 2. The highest BCUT2D eigenvalue weighted by molar-refractivity contribution is 5.79. The second-order valence-electron chi connectivity index (χ2n) is 8.02. The predicted molar refractivity (Wildman–Crippen MR) is 107 cm³/mol. The fourth-order valence-corrected chi connectivity index (χ4v) is 4.30. The Kier molecular flexibility index (Phi) is 7.27. The molecule has 5 heteroatoms. The normalized spacial score (nSPS) is 21.8. The van der Waals surface area contributed by atoms with Crippen molar-refractivity contribution >= 4 is 11.8 Å². The van der Waals surface area contributed by atoms with E-state index in [-0.39, 0.29) is 23.8 Å². The van der Waals surface area contributed by atoms with Crippen molar-refractivity contribution in [1.82, 2.24) is 15.1 Å². The summed E-state index contributed by atoms with van der Waals surface area (Å²) in [7, 11) is 0. The third-order valence-electron chi connectivity index (χ3n) is 5.95. The maximum Gasteiger partial charge on any atom is 0.223 e.